The molecule has 5 nitrogen and oxygen atoms in total. The van der Waals surface area contributed by atoms with Gasteiger partial charge < -0.3 is 4.74 Å². The molecule has 0 aliphatic carbocycles. The third-order valence-electron chi connectivity index (χ3n) is 3.63. The van der Waals surface area contributed by atoms with E-state index in [0.29, 0.717) is 0 Å². The van der Waals surface area contributed by atoms with Gasteiger partial charge in [0.05, 0.1) is 17.4 Å². The van der Waals surface area contributed by atoms with E-state index in [1.165, 1.54) is 30.6 Å². The molecule has 2 aromatic heterocycles. The van der Waals surface area contributed by atoms with Crippen LogP contribution < -0.4 is 4.74 Å². The van der Waals surface area contributed by atoms with E-state index in [9.17, 15) is 26.3 Å². The molecule has 0 radical (unpaired) electrons. The maximum Gasteiger partial charge on any atom is 0.435 e. The Morgan fingerprint density at radius 2 is 1.71 bits per heavy atom. The molecule has 0 amide bonds. The Morgan fingerprint density at radius 1 is 1.04 bits per heavy atom. The normalized spacial score (nSPS) is 12.5. The van der Waals surface area contributed by atoms with Crippen LogP contribution in [0.3, 0.4) is 0 Å². The molecule has 0 bridgehead atoms. The number of aryl methyl sites for hydroxylation is 1. The van der Waals surface area contributed by atoms with Crippen LogP contribution in [0.5, 0.6) is 11.8 Å². The van der Waals surface area contributed by atoms with E-state index >= 15 is 0 Å². The summed E-state index contributed by atoms with van der Waals surface area (Å²) in [7, 11) is 0. The van der Waals surface area contributed by atoms with E-state index in [-0.39, 0.29) is 34.2 Å². The van der Waals surface area contributed by atoms with Gasteiger partial charge in [-0.2, -0.15) is 31.4 Å². The van der Waals surface area contributed by atoms with Crippen molar-refractivity contribution in [1.29, 1.82) is 0 Å². The van der Waals surface area contributed by atoms with Gasteiger partial charge >= 0.3 is 18.4 Å². The highest BCUT2D eigenvalue weighted by atomic mass is 35.5. The van der Waals surface area contributed by atoms with Crippen molar-refractivity contribution in [1.82, 2.24) is 19.7 Å². The number of nitrogens with zero attached hydrogens (tertiary/aromatic N) is 4. The maximum absolute atomic E-state index is 13.3. The average Bonchev–Trinajstić information content (AvgIpc) is 2.96. The van der Waals surface area contributed by atoms with Crippen LogP contribution in [0.15, 0.2) is 30.6 Å². The Kier molecular flexibility index (Phi) is 5.37. The number of alkyl halides is 6. The molecule has 0 spiro atoms. The number of hydrogen-bond acceptors (Lipinski definition) is 4. The fraction of sp³-hybridized carbons (Fsp3) is 0.312. The molecule has 1 aromatic carbocycles. The fourth-order valence-corrected chi connectivity index (χ4v) is 2.64. The van der Waals surface area contributed by atoms with Crippen molar-refractivity contribution in [2.45, 2.75) is 31.7 Å². The molecule has 0 fully saturated rings. The Hall–Kier alpha value is -2.56. The summed E-state index contributed by atoms with van der Waals surface area (Å²) in [5, 5.41) is 3.40. The summed E-state index contributed by atoms with van der Waals surface area (Å²) >= 11 is 5.67. The summed E-state index contributed by atoms with van der Waals surface area (Å²) in [5.74, 6) is -0.0742. The van der Waals surface area contributed by atoms with Gasteiger partial charge in [-0.1, -0.05) is 23.7 Å². The Labute approximate surface area is 158 Å². The minimum absolute atomic E-state index is 0.0742. The summed E-state index contributed by atoms with van der Waals surface area (Å²) in [6.07, 6.45) is -8.35. The van der Waals surface area contributed by atoms with E-state index < -0.39 is 30.9 Å². The highest BCUT2D eigenvalue weighted by Crippen LogP contribution is 2.38. The van der Waals surface area contributed by atoms with E-state index in [0.717, 1.165) is 4.68 Å². The first kappa shape index (κ1) is 20.2. The maximum atomic E-state index is 13.3. The van der Waals surface area contributed by atoms with Crippen LogP contribution in [0, 0.1) is 0 Å². The first-order valence-corrected chi connectivity index (χ1v) is 8.21. The van der Waals surface area contributed by atoms with E-state index in [2.05, 4.69) is 15.1 Å². The summed E-state index contributed by atoms with van der Waals surface area (Å²) in [6, 6.07) is 3.64. The second-order valence-electron chi connectivity index (χ2n) is 5.73. The van der Waals surface area contributed by atoms with Gasteiger partial charge in [-0.25, -0.2) is 9.97 Å². The minimum Gasteiger partial charge on any atom is -0.422 e. The Morgan fingerprint density at radius 3 is 2.32 bits per heavy atom. The smallest absolute Gasteiger partial charge is 0.422 e. The van der Waals surface area contributed by atoms with E-state index in [1.807, 2.05) is 0 Å². The lowest BCUT2D eigenvalue weighted by Crippen LogP contribution is -2.11. The number of hydrogen-bond donors (Lipinski definition) is 0. The number of rotatable bonds is 5. The van der Waals surface area contributed by atoms with Gasteiger partial charge in [0.15, 0.2) is 11.4 Å². The summed E-state index contributed by atoms with van der Waals surface area (Å²) < 4.78 is 83.4. The lowest BCUT2D eigenvalue weighted by Gasteiger charge is -2.09. The SMILES string of the molecule is FC(F)(F)CCCn1nc(C(F)(F)F)c2cccc(Oc3ncc(Cl)cn3)c21. The first-order chi connectivity index (χ1) is 13.0. The van der Waals surface area contributed by atoms with Crippen LogP contribution in [0.1, 0.15) is 18.5 Å². The number of fused-ring (bicyclic) bond motifs is 1. The lowest BCUT2D eigenvalue weighted by molar-refractivity contribution is -0.141. The summed E-state index contributed by atoms with van der Waals surface area (Å²) in [5.41, 5.74) is -1.31. The van der Waals surface area contributed by atoms with Crippen molar-refractivity contribution in [3.05, 3.63) is 41.3 Å². The molecular formula is C16H11ClF6N4O. The molecule has 2 heterocycles. The highest BCUT2D eigenvalue weighted by molar-refractivity contribution is 6.30. The number of benzene rings is 1. The first-order valence-electron chi connectivity index (χ1n) is 7.83. The van der Waals surface area contributed by atoms with Crippen LogP contribution in [-0.2, 0) is 12.7 Å². The Bertz CT molecular complexity index is 968. The van der Waals surface area contributed by atoms with Crippen LogP contribution in [0.25, 0.3) is 10.9 Å². The molecular weight excluding hydrogens is 414 g/mol. The van der Waals surface area contributed by atoms with Crippen molar-refractivity contribution in [2.75, 3.05) is 0 Å². The van der Waals surface area contributed by atoms with Gasteiger partial charge in [-0.15, -0.1) is 0 Å². The van der Waals surface area contributed by atoms with Gasteiger partial charge in [-0.3, -0.25) is 4.68 Å². The zero-order valence-corrected chi connectivity index (χ0v) is 14.6. The van der Waals surface area contributed by atoms with Gasteiger partial charge in [0.2, 0.25) is 0 Å². The van der Waals surface area contributed by atoms with Crippen LogP contribution in [0.4, 0.5) is 26.3 Å². The predicted octanol–water partition coefficient (Wildman–Crippen LogP) is 5.63. The van der Waals surface area contributed by atoms with Crippen LogP contribution in [-0.4, -0.2) is 25.9 Å². The highest BCUT2D eigenvalue weighted by Gasteiger charge is 2.37. The molecule has 150 valence electrons. The van der Waals surface area contributed by atoms with Gasteiger partial charge in [0.1, 0.15) is 5.52 Å². The van der Waals surface area contributed by atoms with Crippen LogP contribution in [0.2, 0.25) is 5.02 Å². The lowest BCUT2D eigenvalue weighted by atomic mass is 10.2. The molecule has 0 atom stereocenters. The zero-order valence-electron chi connectivity index (χ0n) is 13.9. The average molecular weight is 425 g/mol. The molecule has 12 heteroatoms. The molecule has 0 unspecified atom stereocenters. The van der Waals surface area contributed by atoms with Crippen molar-refractivity contribution in [2.24, 2.45) is 0 Å². The largest absolute Gasteiger partial charge is 0.435 e. The molecule has 3 rings (SSSR count). The Balaban J connectivity index is 2.03. The van der Waals surface area contributed by atoms with Crippen LogP contribution >= 0.6 is 11.6 Å². The zero-order chi connectivity index (χ0) is 20.5. The van der Waals surface area contributed by atoms with Crippen molar-refractivity contribution in [3.8, 4) is 11.8 Å². The molecule has 0 aliphatic heterocycles. The second-order valence-corrected chi connectivity index (χ2v) is 6.16. The third-order valence-corrected chi connectivity index (χ3v) is 3.82. The number of ether oxygens (including phenoxy) is 1. The topological polar surface area (TPSA) is 52.8 Å². The molecule has 28 heavy (non-hydrogen) atoms. The molecule has 0 N–H and O–H groups in total. The summed E-state index contributed by atoms with van der Waals surface area (Å²) in [4.78, 5) is 7.59. The minimum atomic E-state index is -4.79. The third kappa shape index (κ3) is 4.64. The molecule has 0 aliphatic rings. The van der Waals surface area contributed by atoms with E-state index in [1.54, 1.807) is 0 Å². The standard InChI is InChI=1S/C16H11ClF6N4O/c17-9-7-24-14(25-8-9)28-11-4-1-3-10-12(11)27(6-2-5-15(18,19)20)26-13(10)16(21,22)23/h1,3-4,7-8H,2,5-6H2. The molecule has 0 saturated carbocycles. The van der Waals surface area contributed by atoms with Crippen molar-refractivity contribution >= 4 is 22.5 Å². The molecule has 0 saturated heterocycles. The number of para-hydroxylation sites is 1. The number of halogens is 7. The van der Waals surface area contributed by atoms with Crippen molar-refractivity contribution < 1.29 is 31.1 Å². The summed E-state index contributed by atoms with van der Waals surface area (Å²) in [6.45, 7) is -0.381. The van der Waals surface area contributed by atoms with E-state index in [4.69, 9.17) is 16.3 Å². The molecule has 3 aromatic rings. The monoisotopic (exact) mass is 424 g/mol. The predicted molar refractivity (Wildman–Crippen MR) is 87.1 cm³/mol. The van der Waals surface area contributed by atoms with Gasteiger partial charge in [-0.05, 0) is 12.5 Å². The van der Waals surface area contributed by atoms with Gasteiger partial charge in [0, 0.05) is 18.4 Å². The second kappa shape index (κ2) is 7.46. The van der Waals surface area contributed by atoms with Crippen molar-refractivity contribution in [3.63, 3.8) is 0 Å². The van der Waals surface area contributed by atoms with Gasteiger partial charge in [0.25, 0.3) is 0 Å². The fourth-order valence-electron chi connectivity index (χ4n) is 2.54. The quantitative estimate of drug-likeness (QED) is 0.498. The number of aromatic nitrogens is 4.